The Balaban J connectivity index is 0.0000141. The molecule has 28 heteroatoms. The molecule has 1 fully saturated rings. The van der Waals surface area contributed by atoms with Crippen molar-refractivity contribution < 1.29 is 63.4 Å². The third-order valence-electron chi connectivity index (χ3n) is 12.7. The average molecular weight is 1200 g/mol. The quantitative estimate of drug-likeness (QED) is 0.0165. The van der Waals surface area contributed by atoms with Crippen LogP contribution in [0.5, 0.6) is 0 Å². The van der Waals surface area contributed by atoms with Crippen molar-refractivity contribution in [1.29, 1.82) is 0 Å². The van der Waals surface area contributed by atoms with Crippen LogP contribution in [-0.2, 0) is 51.3 Å². The summed E-state index contributed by atoms with van der Waals surface area (Å²) in [6.07, 6.45) is 5.18. The van der Waals surface area contributed by atoms with Gasteiger partial charge >= 0.3 is 25.8 Å². The normalized spacial score (nSPS) is 14.4. The number of nitrogens with one attached hydrogen (secondary N) is 4. The summed E-state index contributed by atoms with van der Waals surface area (Å²) in [6, 6.07) is 12.9. The van der Waals surface area contributed by atoms with Crippen molar-refractivity contribution in [3.05, 3.63) is 81.9 Å². The number of nitrogen functional groups attached to an aromatic ring is 1. The zero-order valence-corrected chi connectivity index (χ0v) is 48.6. The molecule has 1 aliphatic rings. The topological polar surface area (TPSA) is 366 Å². The molecule has 0 aliphatic carbocycles. The SMILES string of the molecule is Nc1nc2ncc(CNc3ccc(C(=O)N[C@@H](CCC(=O)CCCCOCCOCCOCCCCC(=S)Nc4ccc(CN5CCN(CC(=O)[O-])CCN(CC(=O)[O-])CCN(CC(=O)[O-])CC5)cc4)C(=O)O)cc3)nc2c(=O)[nH]1.[Ga+3]. The van der Waals surface area contributed by atoms with Gasteiger partial charge in [-0.2, -0.15) is 4.98 Å². The molecule has 0 spiro atoms. The number of hydrogen-bond acceptors (Lipinski definition) is 23. The standard InChI is InChI=1S/C53H74N12O14S.Ga/c54-53-60-49-48(51(74)61-53)58-41(32-56-49)31-55-39-13-9-38(10-14-39)50(73)59-43(52(75)76)16-15-42(66)5-1-3-25-77-27-29-79-30-28-78-26-4-2-6-44(80)57-40-11-7-37(8-12-40)33-62-17-19-63(34-45(67)68)21-23-65(36-47(71)72)24-22-64(20-18-62)35-46(69)70;/h7-14,32,43,55H,1-6,15-31,33-36H2,(H,57,80)(H,59,73)(H,67,68)(H,69,70)(H,71,72)(H,75,76)(H3,54,56,60,61,74);/q;+3/p-3/t43-;/m0./s1. The van der Waals surface area contributed by atoms with Gasteiger partial charge in [-0.05, 0) is 80.5 Å². The summed E-state index contributed by atoms with van der Waals surface area (Å²) in [6.45, 7) is 5.16. The van der Waals surface area contributed by atoms with E-state index in [1.807, 2.05) is 24.3 Å². The van der Waals surface area contributed by atoms with Gasteiger partial charge in [-0.1, -0.05) is 24.4 Å². The van der Waals surface area contributed by atoms with Gasteiger partial charge in [0.15, 0.2) is 11.2 Å². The summed E-state index contributed by atoms with van der Waals surface area (Å²) in [4.78, 5) is 106. The summed E-state index contributed by atoms with van der Waals surface area (Å²) >= 11 is 5.58. The smallest absolute Gasteiger partial charge is 0.549 e. The first-order valence-corrected chi connectivity index (χ1v) is 26.9. The summed E-state index contributed by atoms with van der Waals surface area (Å²) in [5, 5.41) is 53.0. The number of thiocarbonyl (C=S) groups is 1. The zero-order valence-electron chi connectivity index (χ0n) is 45.3. The number of ketones is 1. The van der Waals surface area contributed by atoms with Gasteiger partial charge < -0.3 is 70.7 Å². The van der Waals surface area contributed by atoms with Crippen molar-refractivity contribution in [2.45, 2.75) is 70.5 Å². The van der Waals surface area contributed by atoms with E-state index in [0.29, 0.717) is 108 Å². The van der Waals surface area contributed by atoms with Gasteiger partial charge in [-0.3, -0.25) is 39.0 Å². The molecular weight excluding hydrogens is 1130 g/mol. The van der Waals surface area contributed by atoms with E-state index in [0.717, 1.165) is 24.1 Å². The Bertz CT molecular complexity index is 2680. The number of carbonyl (C=O) groups is 6. The predicted molar refractivity (Wildman–Crippen MR) is 297 cm³/mol. The number of ether oxygens (including phenoxy) is 3. The maximum Gasteiger partial charge on any atom is 3.00 e. The van der Waals surface area contributed by atoms with Crippen LogP contribution in [0.4, 0.5) is 17.3 Å². The van der Waals surface area contributed by atoms with E-state index in [4.69, 9.17) is 32.2 Å². The summed E-state index contributed by atoms with van der Waals surface area (Å²) in [5.74, 6) is -5.76. The Labute approximate surface area is 487 Å². The Kier molecular flexibility index (Phi) is 30.4. The number of carboxylic acid groups (broad SMARTS) is 4. The average Bonchev–Trinajstić information content (AvgIpc) is 3.42. The van der Waals surface area contributed by atoms with Crippen LogP contribution in [-0.4, -0.2) is 223 Å². The van der Waals surface area contributed by atoms with Gasteiger partial charge in [0, 0.05) is 122 Å². The van der Waals surface area contributed by atoms with Gasteiger partial charge in [-0.15, -0.1) is 0 Å². The van der Waals surface area contributed by atoms with Crippen LogP contribution in [0, 0.1) is 0 Å². The molecule has 26 nitrogen and oxygen atoms in total. The first-order valence-electron chi connectivity index (χ1n) is 26.5. The molecule has 4 aromatic rings. The molecule has 7 N–H and O–H groups in total. The number of rotatable bonds is 34. The number of carboxylic acids is 4. The number of aromatic amines is 1. The van der Waals surface area contributed by atoms with Crippen LogP contribution < -0.4 is 42.6 Å². The number of nitrogens with two attached hydrogens (primary N) is 1. The van der Waals surface area contributed by atoms with Crippen molar-refractivity contribution in [2.75, 3.05) is 128 Å². The largest absolute Gasteiger partial charge is 3.00 e. The molecule has 1 atom stereocenters. The number of anilines is 3. The van der Waals surface area contributed by atoms with E-state index in [1.54, 1.807) is 26.8 Å². The maximum atomic E-state index is 12.9. The number of fused-ring (bicyclic) bond motifs is 1. The van der Waals surface area contributed by atoms with Gasteiger partial charge in [0.1, 0.15) is 11.8 Å². The fraction of sp³-hybridized carbons (Fsp3) is 0.528. The number of benzene rings is 2. The molecule has 1 saturated heterocycles. The van der Waals surface area contributed by atoms with Gasteiger partial charge in [0.25, 0.3) is 11.5 Å². The van der Waals surface area contributed by atoms with Crippen LogP contribution in [0.25, 0.3) is 11.2 Å². The molecular formula is C53H71GaN12O14S. The Morgan fingerprint density at radius 1 is 0.679 bits per heavy atom. The minimum absolute atomic E-state index is 0. The molecule has 5 rings (SSSR count). The molecule has 2 aromatic heterocycles. The van der Waals surface area contributed by atoms with Gasteiger partial charge in [0.2, 0.25) is 5.95 Å². The molecule has 2 aromatic carbocycles. The van der Waals surface area contributed by atoms with E-state index >= 15 is 0 Å². The van der Waals surface area contributed by atoms with Gasteiger partial charge in [0.05, 0.1) is 67.8 Å². The monoisotopic (exact) mass is 1200 g/mol. The van der Waals surface area contributed by atoms with Crippen LogP contribution in [0.15, 0.2) is 59.5 Å². The number of aliphatic carboxylic acids is 4. The molecule has 3 heterocycles. The van der Waals surface area contributed by atoms with Crippen molar-refractivity contribution in [3.63, 3.8) is 0 Å². The van der Waals surface area contributed by atoms with Crippen molar-refractivity contribution in [3.8, 4) is 0 Å². The second-order valence-corrected chi connectivity index (χ2v) is 19.6. The van der Waals surface area contributed by atoms with Crippen molar-refractivity contribution in [1.82, 2.24) is 44.9 Å². The molecule has 1 amide bonds. The predicted octanol–water partition coefficient (Wildman–Crippen LogP) is -2.14. The maximum absolute atomic E-state index is 12.9. The van der Waals surface area contributed by atoms with Crippen molar-refractivity contribution in [2.24, 2.45) is 0 Å². The Hall–Kier alpha value is -6.47. The number of hydrogen-bond donors (Lipinski definition) is 6. The number of amides is 1. The van der Waals surface area contributed by atoms with E-state index < -0.39 is 41.4 Å². The first kappa shape index (κ1) is 67.0. The molecule has 0 unspecified atom stereocenters. The molecule has 0 radical (unpaired) electrons. The number of unbranched alkanes of at least 4 members (excludes halogenated alkanes) is 2. The molecule has 1 aliphatic heterocycles. The van der Waals surface area contributed by atoms with E-state index in [-0.39, 0.29) is 120 Å². The fourth-order valence-corrected chi connectivity index (χ4v) is 8.67. The van der Waals surface area contributed by atoms with E-state index in [1.165, 1.54) is 18.3 Å². The third-order valence-corrected chi connectivity index (χ3v) is 13.0. The summed E-state index contributed by atoms with van der Waals surface area (Å²) < 4.78 is 16.9. The molecule has 0 bridgehead atoms. The summed E-state index contributed by atoms with van der Waals surface area (Å²) in [7, 11) is 0. The second kappa shape index (κ2) is 36.8. The number of H-pyrrole nitrogens is 1. The van der Waals surface area contributed by atoms with E-state index in [9.17, 15) is 54.0 Å². The minimum atomic E-state index is -1.27. The Morgan fingerprint density at radius 3 is 1.72 bits per heavy atom. The number of carbonyl (C=O) groups excluding carboxylic acids is 5. The molecule has 0 saturated carbocycles. The second-order valence-electron chi connectivity index (χ2n) is 19.1. The van der Waals surface area contributed by atoms with Crippen molar-refractivity contribution >= 4 is 101 Å². The van der Waals surface area contributed by atoms with Crippen LogP contribution in [0.2, 0.25) is 0 Å². The van der Waals surface area contributed by atoms with Gasteiger partial charge in [-0.25, -0.2) is 14.8 Å². The van der Waals surface area contributed by atoms with Crippen LogP contribution in [0.1, 0.15) is 73.0 Å². The molecule has 81 heavy (non-hydrogen) atoms. The van der Waals surface area contributed by atoms with Crippen LogP contribution >= 0.6 is 12.2 Å². The third kappa shape index (κ3) is 26.8. The molecule has 436 valence electrons. The first-order chi connectivity index (χ1) is 38.5. The van der Waals surface area contributed by atoms with E-state index in [2.05, 4.69) is 40.8 Å². The summed E-state index contributed by atoms with van der Waals surface area (Å²) in [5.41, 5.74) is 8.37. The zero-order chi connectivity index (χ0) is 57.7. The van der Waals surface area contributed by atoms with Crippen LogP contribution in [0.3, 0.4) is 0 Å². The Morgan fingerprint density at radius 2 is 1.19 bits per heavy atom. The number of Topliss-reactive ketones (excluding diaryl/α,β-unsaturated/α-hetero) is 1. The fourth-order valence-electron chi connectivity index (χ4n) is 8.41. The number of aromatic nitrogens is 4. The minimum Gasteiger partial charge on any atom is -0.549 e. The number of nitrogens with zero attached hydrogens (tertiary/aromatic N) is 7.